The van der Waals surface area contributed by atoms with E-state index in [1.54, 1.807) is 12.1 Å². The lowest BCUT2D eigenvalue weighted by Crippen LogP contribution is -2.32. The average molecular weight is 235 g/mol. The van der Waals surface area contributed by atoms with E-state index in [4.69, 9.17) is 10.2 Å². The van der Waals surface area contributed by atoms with Crippen LogP contribution in [-0.2, 0) is 9.59 Å². The lowest BCUT2D eigenvalue weighted by Gasteiger charge is -2.16. The van der Waals surface area contributed by atoms with Crippen molar-refractivity contribution in [3.63, 3.8) is 0 Å². The number of rotatable bonds is 3. The number of carboxylic acid groups (broad SMARTS) is 2. The molecule has 0 saturated carbocycles. The van der Waals surface area contributed by atoms with Crippen LogP contribution < -0.4 is 5.32 Å². The van der Waals surface area contributed by atoms with Gasteiger partial charge in [0.2, 0.25) is 0 Å². The Morgan fingerprint density at radius 3 is 2.29 bits per heavy atom. The molecule has 1 saturated heterocycles. The summed E-state index contributed by atoms with van der Waals surface area (Å²) in [5.41, 5.74) is 0.809. The van der Waals surface area contributed by atoms with Gasteiger partial charge in [0.1, 0.15) is 6.04 Å². The first-order valence-electron chi connectivity index (χ1n) is 5.36. The summed E-state index contributed by atoms with van der Waals surface area (Å²) in [6.07, 6.45) is 0.115. The van der Waals surface area contributed by atoms with Crippen LogP contribution in [0.3, 0.4) is 0 Å². The SMILES string of the molecule is O=C(O)C1C[C@@H](C(=O)O)NC1c1ccccc1. The van der Waals surface area contributed by atoms with Gasteiger partial charge in [-0.05, 0) is 12.0 Å². The van der Waals surface area contributed by atoms with Gasteiger partial charge in [-0.15, -0.1) is 0 Å². The van der Waals surface area contributed by atoms with Crippen LogP contribution in [0.5, 0.6) is 0 Å². The fourth-order valence-electron chi connectivity index (χ4n) is 2.20. The van der Waals surface area contributed by atoms with Crippen LogP contribution in [0.2, 0.25) is 0 Å². The Labute approximate surface area is 98.1 Å². The fraction of sp³-hybridized carbons (Fsp3) is 0.333. The van der Waals surface area contributed by atoms with Crippen molar-refractivity contribution in [2.45, 2.75) is 18.5 Å². The van der Waals surface area contributed by atoms with Crippen molar-refractivity contribution in [2.24, 2.45) is 5.92 Å². The molecule has 5 nitrogen and oxygen atoms in total. The third-order valence-corrected chi connectivity index (χ3v) is 3.05. The van der Waals surface area contributed by atoms with Crippen LogP contribution in [0.15, 0.2) is 30.3 Å². The molecule has 0 spiro atoms. The van der Waals surface area contributed by atoms with E-state index < -0.39 is 29.9 Å². The van der Waals surface area contributed by atoms with E-state index in [2.05, 4.69) is 5.32 Å². The monoisotopic (exact) mass is 235 g/mol. The smallest absolute Gasteiger partial charge is 0.320 e. The molecule has 1 aliphatic heterocycles. The summed E-state index contributed by atoms with van der Waals surface area (Å²) < 4.78 is 0. The second kappa shape index (κ2) is 4.55. The molecule has 0 radical (unpaired) electrons. The molecule has 0 aliphatic carbocycles. The molecule has 3 N–H and O–H groups in total. The maximum absolute atomic E-state index is 11.1. The number of benzene rings is 1. The molecule has 1 heterocycles. The molecule has 1 aliphatic rings. The zero-order valence-corrected chi connectivity index (χ0v) is 9.04. The topological polar surface area (TPSA) is 86.6 Å². The van der Waals surface area contributed by atoms with Gasteiger partial charge in [-0.1, -0.05) is 30.3 Å². The first-order chi connectivity index (χ1) is 8.09. The maximum Gasteiger partial charge on any atom is 0.320 e. The van der Waals surface area contributed by atoms with Crippen molar-refractivity contribution in [2.75, 3.05) is 0 Å². The summed E-state index contributed by atoms with van der Waals surface area (Å²) in [7, 11) is 0. The minimum Gasteiger partial charge on any atom is -0.481 e. The standard InChI is InChI=1S/C12H13NO4/c14-11(15)8-6-9(12(16)17)13-10(8)7-4-2-1-3-5-7/h1-5,8-10,13H,6H2,(H,14,15)(H,16,17)/t8?,9-,10?/m0/s1. The number of nitrogens with one attached hydrogen (secondary N) is 1. The Morgan fingerprint density at radius 1 is 1.12 bits per heavy atom. The van der Waals surface area contributed by atoms with Crippen LogP contribution in [0.25, 0.3) is 0 Å². The molecular weight excluding hydrogens is 222 g/mol. The minimum atomic E-state index is -1.00. The zero-order chi connectivity index (χ0) is 12.4. The number of hydrogen-bond donors (Lipinski definition) is 3. The summed E-state index contributed by atoms with van der Waals surface area (Å²) in [6.45, 7) is 0. The van der Waals surface area contributed by atoms with Crippen LogP contribution >= 0.6 is 0 Å². The van der Waals surface area contributed by atoms with Gasteiger partial charge in [0.15, 0.2) is 0 Å². The van der Waals surface area contributed by atoms with Crippen LogP contribution in [0, 0.1) is 5.92 Å². The number of carboxylic acids is 2. The van der Waals surface area contributed by atoms with Crippen molar-refractivity contribution in [1.29, 1.82) is 0 Å². The summed E-state index contributed by atoms with van der Waals surface area (Å²) in [5, 5.41) is 20.9. The van der Waals surface area contributed by atoms with Gasteiger partial charge in [0.25, 0.3) is 0 Å². The summed E-state index contributed by atoms with van der Waals surface area (Å²) in [4.78, 5) is 22.0. The molecule has 90 valence electrons. The average Bonchev–Trinajstić information content (AvgIpc) is 2.75. The largest absolute Gasteiger partial charge is 0.481 e. The quantitative estimate of drug-likeness (QED) is 0.723. The number of aliphatic carboxylic acids is 2. The molecule has 0 amide bonds. The molecular formula is C12H13NO4. The van der Waals surface area contributed by atoms with E-state index in [1.165, 1.54) is 0 Å². The summed E-state index contributed by atoms with van der Waals surface area (Å²) in [6, 6.07) is 7.84. The predicted octanol–water partition coefficient (Wildman–Crippen LogP) is 0.875. The van der Waals surface area contributed by atoms with Gasteiger partial charge in [0, 0.05) is 6.04 Å². The van der Waals surface area contributed by atoms with E-state index >= 15 is 0 Å². The first kappa shape index (κ1) is 11.6. The van der Waals surface area contributed by atoms with Crippen LogP contribution in [0.1, 0.15) is 18.0 Å². The lowest BCUT2D eigenvalue weighted by molar-refractivity contribution is -0.142. The molecule has 1 fully saturated rings. The minimum absolute atomic E-state index is 0.115. The van der Waals surface area contributed by atoms with Crippen LogP contribution in [0.4, 0.5) is 0 Å². The fourth-order valence-corrected chi connectivity index (χ4v) is 2.20. The molecule has 0 bridgehead atoms. The maximum atomic E-state index is 11.1. The Hall–Kier alpha value is -1.88. The van der Waals surface area contributed by atoms with Crippen molar-refractivity contribution >= 4 is 11.9 Å². The van der Waals surface area contributed by atoms with Gasteiger partial charge >= 0.3 is 11.9 Å². The Morgan fingerprint density at radius 2 is 1.76 bits per heavy atom. The highest BCUT2D eigenvalue weighted by Gasteiger charge is 2.41. The molecule has 1 aromatic carbocycles. The van der Waals surface area contributed by atoms with Crippen molar-refractivity contribution < 1.29 is 19.8 Å². The van der Waals surface area contributed by atoms with E-state index in [0.29, 0.717) is 0 Å². The number of hydrogen-bond acceptors (Lipinski definition) is 3. The predicted molar refractivity (Wildman–Crippen MR) is 59.5 cm³/mol. The Balaban J connectivity index is 2.26. The van der Waals surface area contributed by atoms with E-state index in [1.807, 2.05) is 18.2 Å². The van der Waals surface area contributed by atoms with Crippen LogP contribution in [-0.4, -0.2) is 28.2 Å². The first-order valence-corrected chi connectivity index (χ1v) is 5.36. The lowest BCUT2D eigenvalue weighted by atomic mass is 9.94. The zero-order valence-electron chi connectivity index (χ0n) is 9.04. The Kier molecular flexibility index (Phi) is 3.10. The number of carbonyl (C=O) groups is 2. The summed E-state index contributed by atoms with van der Waals surface area (Å²) >= 11 is 0. The second-order valence-corrected chi connectivity index (χ2v) is 4.13. The third kappa shape index (κ3) is 2.29. The van der Waals surface area contributed by atoms with Gasteiger partial charge in [-0.2, -0.15) is 0 Å². The van der Waals surface area contributed by atoms with E-state index in [-0.39, 0.29) is 6.42 Å². The third-order valence-electron chi connectivity index (χ3n) is 3.05. The second-order valence-electron chi connectivity index (χ2n) is 4.13. The van der Waals surface area contributed by atoms with Gasteiger partial charge in [-0.25, -0.2) is 0 Å². The highest BCUT2D eigenvalue weighted by Crippen LogP contribution is 2.32. The molecule has 0 aromatic heterocycles. The molecule has 3 atom stereocenters. The summed E-state index contributed by atoms with van der Waals surface area (Å²) in [5.74, 6) is -2.66. The molecule has 2 unspecified atom stereocenters. The van der Waals surface area contributed by atoms with Crippen molar-refractivity contribution in [3.05, 3.63) is 35.9 Å². The van der Waals surface area contributed by atoms with E-state index in [0.717, 1.165) is 5.56 Å². The highest BCUT2D eigenvalue weighted by molar-refractivity contribution is 5.78. The molecule has 17 heavy (non-hydrogen) atoms. The van der Waals surface area contributed by atoms with Gasteiger partial charge in [-0.3, -0.25) is 14.9 Å². The van der Waals surface area contributed by atoms with Gasteiger partial charge < -0.3 is 10.2 Å². The van der Waals surface area contributed by atoms with Crippen molar-refractivity contribution in [1.82, 2.24) is 5.32 Å². The normalized spacial score (nSPS) is 27.9. The van der Waals surface area contributed by atoms with Crippen molar-refractivity contribution in [3.8, 4) is 0 Å². The highest BCUT2D eigenvalue weighted by atomic mass is 16.4. The van der Waals surface area contributed by atoms with Gasteiger partial charge in [0.05, 0.1) is 5.92 Å². The molecule has 1 aromatic rings. The van der Waals surface area contributed by atoms with E-state index in [9.17, 15) is 9.59 Å². The molecule has 2 rings (SSSR count). The molecule has 5 heteroatoms. The Bertz CT molecular complexity index is 431.